The molecule has 0 bridgehead atoms. The van der Waals surface area contributed by atoms with Crippen LogP contribution in [0.3, 0.4) is 0 Å². The fourth-order valence-electron chi connectivity index (χ4n) is 3.80. The fourth-order valence-corrected chi connectivity index (χ4v) is 3.80. The third-order valence-electron chi connectivity index (χ3n) is 5.18. The van der Waals surface area contributed by atoms with Crippen LogP contribution < -0.4 is 0 Å². The number of hydrogen-bond donors (Lipinski definition) is 0. The maximum absolute atomic E-state index is 13.1. The summed E-state index contributed by atoms with van der Waals surface area (Å²) in [5, 5.41) is 8.64. The van der Waals surface area contributed by atoms with Crippen molar-refractivity contribution < 1.29 is 9.32 Å². The molecule has 1 fully saturated rings. The third-order valence-corrected chi connectivity index (χ3v) is 5.18. The standard InChI is InChI=1S/C18H24N4O2/c1-12(2)17-10-14(20-24-17)16-7-5-8-21(16)18(23)13-11-19-22-9-4-3-6-15(13)22/h10-12,16H,3-9H2,1-2H3. The van der Waals surface area contributed by atoms with Crippen LogP contribution in [-0.4, -0.2) is 32.3 Å². The minimum absolute atomic E-state index is 0.0212. The summed E-state index contributed by atoms with van der Waals surface area (Å²) in [6, 6.07) is 2.03. The second-order valence-corrected chi connectivity index (χ2v) is 7.15. The number of hydrogen-bond acceptors (Lipinski definition) is 4. The Kier molecular flexibility index (Phi) is 3.90. The Morgan fingerprint density at radius 3 is 2.96 bits per heavy atom. The molecule has 0 spiro atoms. The summed E-state index contributed by atoms with van der Waals surface area (Å²) in [6.07, 6.45) is 6.92. The summed E-state index contributed by atoms with van der Waals surface area (Å²) in [4.78, 5) is 15.1. The highest BCUT2D eigenvalue weighted by Gasteiger charge is 2.35. The van der Waals surface area contributed by atoms with Crippen molar-refractivity contribution in [3.63, 3.8) is 0 Å². The average Bonchev–Trinajstić information content (AvgIpc) is 3.31. The summed E-state index contributed by atoms with van der Waals surface area (Å²) in [5.74, 6) is 1.28. The van der Waals surface area contributed by atoms with Gasteiger partial charge in [-0.2, -0.15) is 5.10 Å². The molecule has 1 atom stereocenters. The Morgan fingerprint density at radius 1 is 1.29 bits per heavy atom. The lowest BCUT2D eigenvalue weighted by Crippen LogP contribution is -2.31. The molecule has 0 aliphatic carbocycles. The number of carbonyl (C=O) groups excluding carboxylic acids is 1. The van der Waals surface area contributed by atoms with E-state index in [0.717, 1.165) is 67.9 Å². The first-order chi connectivity index (χ1) is 11.6. The molecule has 128 valence electrons. The minimum Gasteiger partial charge on any atom is -0.361 e. The predicted molar refractivity (Wildman–Crippen MR) is 88.8 cm³/mol. The molecule has 4 heterocycles. The van der Waals surface area contributed by atoms with Crippen molar-refractivity contribution in [3.8, 4) is 0 Å². The first kappa shape index (κ1) is 15.4. The molecule has 1 saturated heterocycles. The van der Waals surface area contributed by atoms with Crippen LogP contribution in [0.1, 0.15) is 79.0 Å². The van der Waals surface area contributed by atoms with E-state index in [9.17, 15) is 4.79 Å². The molecule has 24 heavy (non-hydrogen) atoms. The molecule has 2 aliphatic rings. The predicted octanol–water partition coefficient (Wildman–Crippen LogP) is 3.31. The molecule has 2 aliphatic heterocycles. The van der Waals surface area contributed by atoms with Gasteiger partial charge < -0.3 is 9.42 Å². The van der Waals surface area contributed by atoms with E-state index in [-0.39, 0.29) is 11.9 Å². The number of carbonyl (C=O) groups is 1. The van der Waals surface area contributed by atoms with E-state index in [1.807, 2.05) is 15.6 Å². The molecule has 1 unspecified atom stereocenters. The zero-order chi connectivity index (χ0) is 16.7. The molecule has 2 aromatic heterocycles. The zero-order valence-corrected chi connectivity index (χ0v) is 14.4. The first-order valence-electron chi connectivity index (χ1n) is 8.97. The highest BCUT2D eigenvalue weighted by Crippen LogP contribution is 2.34. The van der Waals surface area contributed by atoms with Gasteiger partial charge in [0, 0.05) is 25.1 Å². The van der Waals surface area contributed by atoms with Gasteiger partial charge in [0.05, 0.1) is 23.5 Å². The van der Waals surface area contributed by atoms with Gasteiger partial charge in [-0.25, -0.2) is 0 Å². The molecule has 1 amide bonds. The van der Waals surface area contributed by atoms with Crippen molar-refractivity contribution in [2.45, 2.75) is 64.5 Å². The smallest absolute Gasteiger partial charge is 0.257 e. The summed E-state index contributed by atoms with van der Waals surface area (Å²) in [6.45, 7) is 5.87. The Morgan fingerprint density at radius 2 is 2.17 bits per heavy atom. The van der Waals surface area contributed by atoms with Crippen molar-refractivity contribution in [2.24, 2.45) is 0 Å². The summed E-state index contributed by atoms with van der Waals surface area (Å²) in [5.41, 5.74) is 2.75. The minimum atomic E-state index is 0.0212. The van der Waals surface area contributed by atoms with Gasteiger partial charge >= 0.3 is 0 Å². The zero-order valence-electron chi connectivity index (χ0n) is 14.4. The summed E-state index contributed by atoms with van der Waals surface area (Å²) < 4.78 is 7.44. The number of aromatic nitrogens is 3. The molecule has 2 aromatic rings. The van der Waals surface area contributed by atoms with Crippen LogP contribution in [0.15, 0.2) is 16.8 Å². The molecule has 4 rings (SSSR count). The molecular formula is C18H24N4O2. The van der Waals surface area contributed by atoms with Gasteiger partial charge in [0.1, 0.15) is 11.5 Å². The molecule has 0 radical (unpaired) electrons. The second kappa shape index (κ2) is 6.07. The number of fused-ring (bicyclic) bond motifs is 1. The highest BCUT2D eigenvalue weighted by molar-refractivity contribution is 5.95. The lowest BCUT2D eigenvalue weighted by molar-refractivity contribution is 0.0729. The van der Waals surface area contributed by atoms with Crippen LogP contribution in [0.5, 0.6) is 0 Å². The van der Waals surface area contributed by atoms with Crippen molar-refractivity contribution in [3.05, 3.63) is 35.0 Å². The van der Waals surface area contributed by atoms with Gasteiger partial charge in [0.15, 0.2) is 0 Å². The molecular weight excluding hydrogens is 304 g/mol. The van der Waals surface area contributed by atoms with Crippen LogP contribution in [0.4, 0.5) is 0 Å². The van der Waals surface area contributed by atoms with Gasteiger partial charge in [-0.1, -0.05) is 19.0 Å². The fraction of sp³-hybridized carbons (Fsp3) is 0.611. The second-order valence-electron chi connectivity index (χ2n) is 7.15. The Balaban J connectivity index is 1.60. The SMILES string of the molecule is CC(C)c1cc(C2CCCN2C(=O)c2cnn3c2CCCC3)no1. The third kappa shape index (κ3) is 2.54. The van der Waals surface area contributed by atoms with Crippen LogP contribution in [-0.2, 0) is 13.0 Å². The molecule has 0 saturated carbocycles. The molecule has 0 N–H and O–H groups in total. The van der Waals surface area contributed by atoms with E-state index in [1.165, 1.54) is 0 Å². The van der Waals surface area contributed by atoms with Crippen molar-refractivity contribution in [1.29, 1.82) is 0 Å². The number of aryl methyl sites for hydroxylation is 1. The van der Waals surface area contributed by atoms with E-state index in [2.05, 4.69) is 24.1 Å². The van der Waals surface area contributed by atoms with E-state index in [0.29, 0.717) is 5.92 Å². The Hall–Kier alpha value is -2.11. The van der Waals surface area contributed by atoms with Crippen LogP contribution in [0.25, 0.3) is 0 Å². The van der Waals surface area contributed by atoms with Crippen molar-refractivity contribution in [2.75, 3.05) is 6.54 Å². The summed E-state index contributed by atoms with van der Waals surface area (Å²) in [7, 11) is 0. The number of amides is 1. The van der Waals surface area contributed by atoms with Crippen LogP contribution in [0, 0.1) is 0 Å². The van der Waals surface area contributed by atoms with Gasteiger partial charge in [-0.15, -0.1) is 0 Å². The van der Waals surface area contributed by atoms with Crippen LogP contribution >= 0.6 is 0 Å². The average molecular weight is 328 g/mol. The Labute approximate surface area is 141 Å². The maximum Gasteiger partial charge on any atom is 0.257 e. The van der Waals surface area contributed by atoms with Crippen molar-refractivity contribution >= 4 is 5.91 Å². The topological polar surface area (TPSA) is 64.2 Å². The van der Waals surface area contributed by atoms with Crippen LogP contribution in [0.2, 0.25) is 0 Å². The van der Waals surface area contributed by atoms with Crippen molar-refractivity contribution in [1.82, 2.24) is 19.8 Å². The molecule has 6 nitrogen and oxygen atoms in total. The van der Waals surface area contributed by atoms with E-state index < -0.39 is 0 Å². The van der Waals surface area contributed by atoms with E-state index in [4.69, 9.17) is 4.52 Å². The van der Waals surface area contributed by atoms with Gasteiger partial charge in [-0.3, -0.25) is 9.48 Å². The molecule has 6 heteroatoms. The highest BCUT2D eigenvalue weighted by atomic mass is 16.5. The monoisotopic (exact) mass is 328 g/mol. The summed E-state index contributed by atoms with van der Waals surface area (Å²) >= 11 is 0. The molecule has 0 aromatic carbocycles. The lowest BCUT2D eigenvalue weighted by Gasteiger charge is -2.23. The van der Waals surface area contributed by atoms with Gasteiger partial charge in [0.25, 0.3) is 5.91 Å². The Bertz CT molecular complexity index is 746. The number of likely N-dealkylation sites (tertiary alicyclic amines) is 1. The quantitative estimate of drug-likeness (QED) is 0.867. The number of rotatable bonds is 3. The van der Waals surface area contributed by atoms with E-state index >= 15 is 0 Å². The van der Waals surface area contributed by atoms with Gasteiger partial charge in [0.2, 0.25) is 0 Å². The van der Waals surface area contributed by atoms with E-state index in [1.54, 1.807) is 6.20 Å². The first-order valence-corrected chi connectivity index (χ1v) is 8.97. The lowest BCUT2D eigenvalue weighted by atomic mass is 10.0. The van der Waals surface area contributed by atoms with Gasteiger partial charge in [-0.05, 0) is 32.1 Å². The largest absolute Gasteiger partial charge is 0.361 e. The number of nitrogens with zero attached hydrogens (tertiary/aromatic N) is 4. The normalized spacial score (nSPS) is 20.6. The maximum atomic E-state index is 13.1.